The van der Waals surface area contributed by atoms with Gasteiger partial charge in [0.2, 0.25) is 0 Å². The molecule has 0 aliphatic carbocycles. The third kappa shape index (κ3) is 3.21. The van der Waals surface area contributed by atoms with E-state index in [0.29, 0.717) is 0 Å². The van der Waals surface area contributed by atoms with E-state index in [-0.39, 0.29) is 18.8 Å². The molecule has 1 aliphatic rings. The van der Waals surface area contributed by atoms with Crippen LogP contribution in [0.3, 0.4) is 0 Å². The van der Waals surface area contributed by atoms with Gasteiger partial charge in [-0.3, -0.25) is 0 Å². The van der Waals surface area contributed by atoms with Crippen molar-refractivity contribution < 1.29 is 9.31 Å². The Kier molecular flexibility index (Phi) is 3.52. The molecule has 0 bridgehead atoms. The molecule has 0 aromatic carbocycles. The van der Waals surface area contributed by atoms with Crippen LogP contribution in [0.2, 0.25) is 0 Å². The Hall–Kier alpha value is -0.575. The summed E-state index contributed by atoms with van der Waals surface area (Å²) < 4.78 is 11.6. The zero-order chi connectivity index (χ0) is 11.6. The molecule has 1 aromatic heterocycles. The van der Waals surface area contributed by atoms with Gasteiger partial charge in [-0.25, -0.2) is 0 Å². The molecule has 16 heavy (non-hydrogen) atoms. The molecule has 1 atom stereocenters. The predicted molar refractivity (Wildman–Crippen MR) is 69.4 cm³/mol. The van der Waals surface area contributed by atoms with E-state index >= 15 is 0 Å². The third-order valence-corrected chi connectivity index (χ3v) is 3.38. The predicted octanol–water partition coefficient (Wildman–Crippen LogP) is 3.39. The zero-order valence-electron chi connectivity index (χ0n) is 9.97. The molecule has 0 amide bonds. The van der Waals surface area contributed by atoms with Crippen LogP contribution in [0.25, 0.3) is 6.08 Å². The van der Waals surface area contributed by atoms with Gasteiger partial charge in [0.1, 0.15) is 0 Å². The lowest BCUT2D eigenvalue weighted by Gasteiger charge is -2.37. The number of thiophene rings is 1. The highest BCUT2D eigenvalue weighted by Crippen LogP contribution is 2.26. The van der Waals surface area contributed by atoms with E-state index in [4.69, 9.17) is 9.31 Å². The Bertz CT molecular complexity index is 359. The lowest BCUT2D eigenvalue weighted by atomic mass is 9.82. The second-order valence-electron chi connectivity index (χ2n) is 4.77. The average Bonchev–Trinajstić information content (AvgIpc) is 2.63. The molecular formula is C12H17BO2S. The Morgan fingerprint density at radius 2 is 2.38 bits per heavy atom. The highest BCUT2D eigenvalue weighted by atomic mass is 32.1. The van der Waals surface area contributed by atoms with Crippen molar-refractivity contribution in [2.75, 3.05) is 0 Å². The minimum Gasteiger partial charge on any atom is -0.405 e. The van der Waals surface area contributed by atoms with Gasteiger partial charge in [-0.05, 0) is 38.6 Å². The summed E-state index contributed by atoms with van der Waals surface area (Å²) in [4.78, 5) is 1.23. The van der Waals surface area contributed by atoms with Crippen LogP contribution in [0.15, 0.2) is 23.5 Å². The minimum absolute atomic E-state index is 0.0951. The summed E-state index contributed by atoms with van der Waals surface area (Å²) in [6.45, 7) is 6.31. The summed E-state index contributed by atoms with van der Waals surface area (Å²) in [6.07, 6.45) is 3.25. The maximum Gasteiger partial charge on any atom is 0.486 e. The first-order valence-electron chi connectivity index (χ1n) is 5.60. The van der Waals surface area contributed by atoms with Crippen molar-refractivity contribution in [3.05, 3.63) is 28.4 Å². The van der Waals surface area contributed by atoms with Crippen LogP contribution in [0.4, 0.5) is 0 Å². The maximum atomic E-state index is 5.84. The van der Waals surface area contributed by atoms with E-state index < -0.39 is 0 Å². The largest absolute Gasteiger partial charge is 0.486 e. The van der Waals surface area contributed by atoms with Crippen LogP contribution >= 0.6 is 11.3 Å². The van der Waals surface area contributed by atoms with E-state index in [1.54, 1.807) is 11.3 Å². The van der Waals surface area contributed by atoms with Crippen molar-refractivity contribution in [3.8, 4) is 0 Å². The highest BCUT2D eigenvalue weighted by Gasteiger charge is 2.35. The Morgan fingerprint density at radius 1 is 1.56 bits per heavy atom. The highest BCUT2D eigenvalue weighted by molar-refractivity contribution is 7.10. The van der Waals surface area contributed by atoms with Crippen LogP contribution in [-0.2, 0) is 9.31 Å². The third-order valence-electron chi connectivity index (χ3n) is 2.54. The SMILES string of the molecule is CC1CC(C)(C)OB(/C=C/c2cccs2)O1. The van der Waals surface area contributed by atoms with Crippen LogP contribution in [0, 0.1) is 0 Å². The number of hydrogen-bond donors (Lipinski definition) is 0. The molecule has 1 unspecified atom stereocenters. The second-order valence-corrected chi connectivity index (χ2v) is 5.75. The van der Waals surface area contributed by atoms with Crippen molar-refractivity contribution in [1.82, 2.24) is 0 Å². The molecule has 1 aliphatic heterocycles. The van der Waals surface area contributed by atoms with Gasteiger partial charge < -0.3 is 9.31 Å². The standard InChI is InChI=1S/C12H17BO2S/c1-10-9-12(2,3)15-13(14-10)7-6-11-5-4-8-16-11/h4-8,10H,9H2,1-3H3/b7-6+. The van der Waals surface area contributed by atoms with Crippen molar-refractivity contribution in [3.63, 3.8) is 0 Å². The zero-order valence-corrected chi connectivity index (χ0v) is 10.8. The van der Waals surface area contributed by atoms with Gasteiger partial charge in [0.05, 0.1) is 5.60 Å². The summed E-state index contributed by atoms with van der Waals surface area (Å²) in [5.74, 6) is 1.99. The van der Waals surface area contributed by atoms with E-state index in [1.165, 1.54) is 4.88 Å². The Balaban J connectivity index is 1.99. The lowest BCUT2D eigenvalue weighted by molar-refractivity contribution is -0.0235. The first kappa shape index (κ1) is 11.9. The fourth-order valence-electron chi connectivity index (χ4n) is 2.00. The molecule has 2 nitrogen and oxygen atoms in total. The molecule has 0 radical (unpaired) electrons. The summed E-state index contributed by atoms with van der Waals surface area (Å²) in [7, 11) is -0.221. The van der Waals surface area contributed by atoms with Gasteiger partial charge in [0.25, 0.3) is 0 Å². The van der Waals surface area contributed by atoms with E-state index in [1.807, 2.05) is 12.0 Å². The molecule has 0 spiro atoms. The van der Waals surface area contributed by atoms with Crippen LogP contribution in [-0.4, -0.2) is 18.8 Å². The average molecular weight is 236 g/mol. The smallest absolute Gasteiger partial charge is 0.405 e. The molecule has 2 rings (SSSR count). The molecule has 0 N–H and O–H groups in total. The number of hydrogen-bond acceptors (Lipinski definition) is 3. The maximum absolute atomic E-state index is 5.84. The molecule has 1 saturated heterocycles. The summed E-state index contributed by atoms with van der Waals surface area (Å²) >= 11 is 1.71. The second kappa shape index (κ2) is 4.74. The molecule has 1 aromatic rings. The van der Waals surface area contributed by atoms with Crippen molar-refractivity contribution in [1.29, 1.82) is 0 Å². The summed E-state index contributed by atoms with van der Waals surface area (Å²) in [5, 5.41) is 2.06. The lowest BCUT2D eigenvalue weighted by Crippen LogP contribution is -2.44. The van der Waals surface area contributed by atoms with Crippen molar-refractivity contribution >= 4 is 24.5 Å². The Labute approximate surface area is 101 Å². The number of rotatable bonds is 2. The minimum atomic E-state index is -0.221. The normalized spacial score (nSPS) is 25.2. The van der Waals surface area contributed by atoms with Gasteiger partial charge >= 0.3 is 7.12 Å². The van der Waals surface area contributed by atoms with Crippen LogP contribution in [0.5, 0.6) is 0 Å². The monoisotopic (exact) mass is 236 g/mol. The van der Waals surface area contributed by atoms with Crippen molar-refractivity contribution in [2.45, 2.75) is 38.9 Å². The van der Waals surface area contributed by atoms with E-state index in [9.17, 15) is 0 Å². The van der Waals surface area contributed by atoms with Crippen LogP contribution < -0.4 is 0 Å². The van der Waals surface area contributed by atoms with E-state index in [0.717, 1.165) is 6.42 Å². The quantitative estimate of drug-likeness (QED) is 0.732. The molecule has 86 valence electrons. The molecule has 2 heterocycles. The Morgan fingerprint density at radius 3 is 3.00 bits per heavy atom. The molecule has 4 heteroatoms. The van der Waals surface area contributed by atoms with Crippen LogP contribution in [0.1, 0.15) is 32.1 Å². The van der Waals surface area contributed by atoms with Gasteiger partial charge in [0.15, 0.2) is 0 Å². The first-order chi connectivity index (χ1) is 7.55. The van der Waals surface area contributed by atoms with Gasteiger partial charge in [-0.1, -0.05) is 18.1 Å². The topological polar surface area (TPSA) is 18.5 Å². The van der Waals surface area contributed by atoms with Gasteiger partial charge in [0, 0.05) is 11.0 Å². The van der Waals surface area contributed by atoms with Gasteiger partial charge in [-0.15, -0.1) is 11.3 Å². The molecule has 1 fully saturated rings. The summed E-state index contributed by atoms with van der Waals surface area (Å²) in [5.41, 5.74) is -0.0951. The van der Waals surface area contributed by atoms with Crippen molar-refractivity contribution in [2.24, 2.45) is 0 Å². The molecule has 0 saturated carbocycles. The first-order valence-corrected chi connectivity index (χ1v) is 6.48. The summed E-state index contributed by atoms with van der Waals surface area (Å²) in [6, 6.07) is 4.12. The fraction of sp³-hybridized carbons (Fsp3) is 0.500. The molecular weight excluding hydrogens is 219 g/mol. The fourth-order valence-corrected chi connectivity index (χ4v) is 2.63. The van der Waals surface area contributed by atoms with E-state index in [2.05, 4.69) is 38.3 Å². The van der Waals surface area contributed by atoms with Gasteiger partial charge in [-0.2, -0.15) is 0 Å².